The van der Waals surface area contributed by atoms with E-state index in [1.807, 2.05) is 24.3 Å². The quantitative estimate of drug-likeness (QED) is 0.855. The van der Waals surface area contributed by atoms with E-state index in [1.54, 1.807) is 5.38 Å². The second kappa shape index (κ2) is 7.65. The first-order chi connectivity index (χ1) is 12.1. The van der Waals surface area contributed by atoms with Crippen molar-refractivity contribution < 1.29 is 19.4 Å². The van der Waals surface area contributed by atoms with Crippen LogP contribution in [-0.2, 0) is 4.79 Å². The molecule has 0 bridgehead atoms. The molecule has 2 aromatic rings. The molecule has 132 valence electrons. The zero-order chi connectivity index (χ0) is 17.8. The molecular formula is C18H20N2O4S. The molecule has 3 rings (SSSR count). The van der Waals surface area contributed by atoms with Gasteiger partial charge >= 0.3 is 5.97 Å². The summed E-state index contributed by atoms with van der Waals surface area (Å²) in [5, 5.41) is 11.7. The van der Waals surface area contributed by atoms with Crippen LogP contribution in [0.5, 0.6) is 5.75 Å². The van der Waals surface area contributed by atoms with Crippen LogP contribution < -0.4 is 4.74 Å². The molecule has 1 saturated heterocycles. The lowest BCUT2D eigenvalue weighted by atomic mass is 10.2. The van der Waals surface area contributed by atoms with Gasteiger partial charge in [0.05, 0.1) is 6.61 Å². The molecule has 1 atom stereocenters. The van der Waals surface area contributed by atoms with E-state index < -0.39 is 12.0 Å². The number of nitrogens with zero attached hydrogens (tertiary/aromatic N) is 2. The van der Waals surface area contributed by atoms with Gasteiger partial charge in [0.25, 0.3) is 5.91 Å². The Morgan fingerprint density at radius 3 is 2.80 bits per heavy atom. The zero-order valence-electron chi connectivity index (χ0n) is 14.0. The fourth-order valence-electron chi connectivity index (χ4n) is 2.83. The number of amides is 1. The fourth-order valence-corrected chi connectivity index (χ4v) is 3.63. The average molecular weight is 360 g/mol. The molecule has 1 N–H and O–H groups in total. The summed E-state index contributed by atoms with van der Waals surface area (Å²) in [7, 11) is 0. The third-order valence-electron chi connectivity index (χ3n) is 4.10. The molecule has 0 spiro atoms. The van der Waals surface area contributed by atoms with Crippen LogP contribution in [0.25, 0.3) is 10.6 Å². The maximum absolute atomic E-state index is 12.6. The van der Waals surface area contributed by atoms with Crippen LogP contribution in [0.15, 0.2) is 29.6 Å². The van der Waals surface area contributed by atoms with Gasteiger partial charge in [0.1, 0.15) is 22.5 Å². The summed E-state index contributed by atoms with van der Waals surface area (Å²) in [6, 6.07) is 6.85. The van der Waals surface area contributed by atoms with Crippen LogP contribution >= 0.6 is 11.3 Å². The van der Waals surface area contributed by atoms with E-state index >= 15 is 0 Å². The van der Waals surface area contributed by atoms with Crippen LogP contribution in [-0.4, -0.2) is 46.1 Å². The Morgan fingerprint density at radius 1 is 1.36 bits per heavy atom. The molecule has 1 unspecified atom stereocenters. The molecule has 1 aliphatic heterocycles. The SMILES string of the molecule is CCCOc1ccc(-c2nc(C(=O)N3CCCC3C(=O)O)cs2)cc1. The van der Waals surface area contributed by atoms with Crippen molar-refractivity contribution in [3.05, 3.63) is 35.3 Å². The molecule has 1 aromatic heterocycles. The Balaban J connectivity index is 1.73. The summed E-state index contributed by atoms with van der Waals surface area (Å²) in [5.74, 6) is -0.459. The number of hydrogen-bond donors (Lipinski definition) is 1. The van der Waals surface area contributed by atoms with Crippen molar-refractivity contribution in [3.8, 4) is 16.3 Å². The van der Waals surface area contributed by atoms with Gasteiger partial charge in [0, 0.05) is 17.5 Å². The van der Waals surface area contributed by atoms with E-state index in [-0.39, 0.29) is 5.91 Å². The smallest absolute Gasteiger partial charge is 0.326 e. The van der Waals surface area contributed by atoms with Gasteiger partial charge in [-0.3, -0.25) is 4.79 Å². The number of aliphatic carboxylic acids is 1. The van der Waals surface area contributed by atoms with Gasteiger partial charge in [0.15, 0.2) is 0 Å². The molecule has 1 aromatic carbocycles. The number of aromatic nitrogens is 1. The predicted molar refractivity (Wildman–Crippen MR) is 95.0 cm³/mol. The Bertz CT molecular complexity index is 757. The van der Waals surface area contributed by atoms with Crippen molar-refractivity contribution in [1.29, 1.82) is 0 Å². The van der Waals surface area contributed by atoms with Crippen LogP contribution in [0.4, 0.5) is 0 Å². The normalized spacial score (nSPS) is 16.8. The molecule has 2 heterocycles. The number of carboxylic acids is 1. The number of benzene rings is 1. The minimum absolute atomic E-state index is 0.305. The van der Waals surface area contributed by atoms with Gasteiger partial charge in [0.2, 0.25) is 0 Å². The Labute approximate surface area is 150 Å². The summed E-state index contributed by atoms with van der Waals surface area (Å²) < 4.78 is 5.56. The van der Waals surface area contributed by atoms with E-state index in [1.165, 1.54) is 16.2 Å². The Hall–Kier alpha value is -2.41. The van der Waals surface area contributed by atoms with Crippen LogP contribution in [0.1, 0.15) is 36.7 Å². The Kier molecular flexibility index (Phi) is 5.33. The lowest BCUT2D eigenvalue weighted by Gasteiger charge is -2.20. The summed E-state index contributed by atoms with van der Waals surface area (Å²) in [6.45, 7) is 3.19. The first kappa shape index (κ1) is 17.4. The first-order valence-electron chi connectivity index (χ1n) is 8.32. The van der Waals surface area contributed by atoms with Gasteiger partial charge in [-0.2, -0.15) is 0 Å². The molecule has 0 saturated carbocycles. The summed E-state index contributed by atoms with van der Waals surface area (Å²) >= 11 is 1.38. The molecule has 1 aliphatic rings. The van der Waals surface area contributed by atoms with Gasteiger partial charge < -0.3 is 14.7 Å². The lowest BCUT2D eigenvalue weighted by molar-refractivity contribution is -0.141. The third kappa shape index (κ3) is 3.82. The number of rotatable bonds is 6. The van der Waals surface area contributed by atoms with Gasteiger partial charge in [-0.05, 0) is 43.5 Å². The van der Waals surface area contributed by atoms with Crippen molar-refractivity contribution in [3.63, 3.8) is 0 Å². The molecule has 6 nitrogen and oxygen atoms in total. The maximum atomic E-state index is 12.6. The lowest BCUT2D eigenvalue weighted by Crippen LogP contribution is -2.40. The van der Waals surface area contributed by atoms with Crippen LogP contribution in [0.2, 0.25) is 0 Å². The zero-order valence-corrected chi connectivity index (χ0v) is 14.8. The fraction of sp³-hybridized carbons (Fsp3) is 0.389. The number of hydrogen-bond acceptors (Lipinski definition) is 5. The topological polar surface area (TPSA) is 79.7 Å². The third-order valence-corrected chi connectivity index (χ3v) is 4.99. The largest absolute Gasteiger partial charge is 0.494 e. The molecule has 1 amide bonds. The summed E-state index contributed by atoms with van der Waals surface area (Å²) in [6.07, 6.45) is 2.16. The van der Waals surface area contributed by atoms with E-state index in [2.05, 4.69) is 11.9 Å². The summed E-state index contributed by atoms with van der Waals surface area (Å²) in [4.78, 5) is 29.6. The van der Waals surface area contributed by atoms with Gasteiger partial charge in [-0.1, -0.05) is 6.92 Å². The van der Waals surface area contributed by atoms with E-state index in [0.29, 0.717) is 31.7 Å². The number of thiazole rings is 1. The van der Waals surface area contributed by atoms with Crippen molar-refractivity contribution in [2.24, 2.45) is 0 Å². The molecular weight excluding hydrogens is 340 g/mol. The molecule has 7 heteroatoms. The number of carbonyl (C=O) groups excluding carboxylic acids is 1. The molecule has 1 fully saturated rings. The highest BCUT2D eigenvalue weighted by Gasteiger charge is 2.35. The molecule has 25 heavy (non-hydrogen) atoms. The van der Waals surface area contributed by atoms with Crippen LogP contribution in [0.3, 0.4) is 0 Å². The number of carbonyl (C=O) groups is 2. The maximum Gasteiger partial charge on any atom is 0.326 e. The number of likely N-dealkylation sites (tertiary alicyclic amines) is 1. The molecule has 0 radical (unpaired) electrons. The van der Waals surface area contributed by atoms with Gasteiger partial charge in [-0.15, -0.1) is 11.3 Å². The highest BCUT2D eigenvalue weighted by molar-refractivity contribution is 7.13. The predicted octanol–water partition coefficient (Wildman–Crippen LogP) is 3.29. The van der Waals surface area contributed by atoms with Crippen molar-refractivity contribution in [2.45, 2.75) is 32.2 Å². The van der Waals surface area contributed by atoms with Crippen molar-refractivity contribution in [1.82, 2.24) is 9.88 Å². The highest BCUT2D eigenvalue weighted by Crippen LogP contribution is 2.27. The second-order valence-corrected chi connectivity index (χ2v) is 6.76. The minimum atomic E-state index is -0.955. The average Bonchev–Trinajstić information content (AvgIpc) is 3.29. The molecule has 0 aliphatic carbocycles. The van der Waals surface area contributed by atoms with E-state index in [9.17, 15) is 14.7 Å². The van der Waals surface area contributed by atoms with E-state index in [4.69, 9.17) is 4.74 Å². The number of carboxylic acid groups (broad SMARTS) is 1. The minimum Gasteiger partial charge on any atom is -0.494 e. The highest BCUT2D eigenvalue weighted by atomic mass is 32.1. The first-order valence-corrected chi connectivity index (χ1v) is 9.20. The van der Waals surface area contributed by atoms with Crippen LogP contribution in [0, 0.1) is 0 Å². The standard InChI is InChI=1S/C18H20N2O4S/c1-2-10-24-13-7-5-12(6-8-13)16-19-14(11-25-16)17(21)20-9-3-4-15(20)18(22)23/h5-8,11,15H,2-4,9-10H2,1H3,(H,22,23). The monoisotopic (exact) mass is 360 g/mol. The van der Waals surface area contributed by atoms with Crippen molar-refractivity contribution >= 4 is 23.2 Å². The van der Waals surface area contributed by atoms with Gasteiger partial charge in [-0.25, -0.2) is 9.78 Å². The second-order valence-electron chi connectivity index (χ2n) is 5.91. The van der Waals surface area contributed by atoms with E-state index in [0.717, 1.165) is 22.7 Å². The Morgan fingerprint density at radius 2 is 2.12 bits per heavy atom. The number of ether oxygens (including phenoxy) is 1. The van der Waals surface area contributed by atoms with Crippen molar-refractivity contribution in [2.75, 3.05) is 13.2 Å². The summed E-state index contributed by atoms with van der Waals surface area (Å²) in [5.41, 5.74) is 1.21.